The maximum atomic E-state index is 14.3. The van der Waals surface area contributed by atoms with E-state index in [-0.39, 0.29) is 16.0 Å². The number of carbonyl (C=O) groups is 1. The predicted molar refractivity (Wildman–Crippen MR) is 136 cm³/mol. The first-order chi connectivity index (χ1) is 16.2. The Labute approximate surface area is 213 Å². The third-order valence-corrected chi connectivity index (χ3v) is 8.20. The van der Waals surface area contributed by atoms with Crippen LogP contribution in [0.25, 0.3) is 0 Å². The lowest BCUT2D eigenvalue weighted by Gasteiger charge is -2.28. The number of rotatable bonds is 5. The van der Waals surface area contributed by atoms with Crippen LogP contribution in [0, 0.1) is 5.82 Å². The number of anilines is 1. The molecule has 2 N–H and O–H groups in total. The van der Waals surface area contributed by atoms with E-state index in [0.29, 0.717) is 5.69 Å². The van der Waals surface area contributed by atoms with E-state index in [2.05, 4.69) is 20.7 Å². The van der Waals surface area contributed by atoms with E-state index in [1.807, 2.05) is 31.2 Å². The molecule has 1 heterocycles. The van der Waals surface area contributed by atoms with Crippen molar-refractivity contribution < 1.29 is 22.7 Å². The Kier molecular flexibility index (Phi) is 6.42. The lowest BCUT2D eigenvalue weighted by molar-refractivity contribution is -0.132. The van der Waals surface area contributed by atoms with Crippen LogP contribution in [0.5, 0.6) is 0 Å². The van der Waals surface area contributed by atoms with Gasteiger partial charge in [0, 0.05) is 15.6 Å². The molecular formula is C26H26BrFN2O4S. The van der Waals surface area contributed by atoms with Gasteiger partial charge in [0.2, 0.25) is 10.0 Å². The molecule has 0 saturated carbocycles. The molecule has 1 aliphatic heterocycles. The van der Waals surface area contributed by atoms with Crippen molar-refractivity contribution in [1.82, 2.24) is 4.72 Å². The number of sulfonamides is 1. The highest BCUT2D eigenvalue weighted by molar-refractivity contribution is 9.10. The average molecular weight is 561 g/mol. The lowest BCUT2D eigenvalue weighted by atomic mass is 9.87. The number of aliphatic hydroxyl groups is 1. The van der Waals surface area contributed by atoms with Crippen molar-refractivity contribution in [3.63, 3.8) is 0 Å². The molecular weight excluding hydrogens is 535 g/mol. The average Bonchev–Trinajstić information content (AvgIpc) is 3.00. The summed E-state index contributed by atoms with van der Waals surface area (Å²) in [4.78, 5) is 15.2. The van der Waals surface area contributed by atoms with E-state index in [0.717, 1.165) is 16.1 Å². The van der Waals surface area contributed by atoms with Crippen LogP contribution < -0.4 is 9.62 Å². The van der Waals surface area contributed by atoms with E-state index < -0.39 is 38.9 Å². The smallest absolute Gasteiger partial charge is 0.269 e. The van der Waals surface area contributed by atoms with Gasteiger partial charge in [0.15, 0.2) is 5.60 Å². The molecule has 2 atom stereocenters. The molecule has 0 bridgehead atoms. The van der Waals surface area contributed by atoms with Crippen molar-refractivity contribution in [1.29, 1.82) is 0 Å². The van der Waals surface area contributed by atoms with Gasteiger partial charge in [-0.05, 0) is 81.3 Å². The number of nitrogens with zero attached hydrogens (tertiary/aromatic N) is 1. The first kappa shape index (κ1) is 25.5. The molecule has 0 spiro atoms. The molecule has 6 nitrogen and oxygen atoms in total. The molecule has 1 aliphatic rings. The maximum absolute atomic E-state index is 14.3. The van der Waals surface area contributed by atoms with Crippen molar-refractivity contribution >= 4 is 37.5 Å². The van der Waals surface area contributed by atoms with E-state index in [9.17, 15) is 22.7 Å². The van der Waals surface area contributed by atoms with Crippen molar-refractivity contribution in [2.24, 2.45) is 0 Å². The summed E-state index contributed by atoms with van der Waals surface area (Å²) in [6, 6.07) is 16.3. The van der Waals surface area contributed by atoms with Crippen LogP contribution in [0.3, 0.4) is 0 Å². The van der Waals surface area contributed by atoms with Crippen LogP contribution in [0.4, 0.5) is 10.1 Å². The van der Waals surface area contributed by atoms with Gasteiger partial charge in [0.25, 0.3) is 5.91 Å². The van der Waals surface area contributed by atoms with Gasteiger partial charge in [-0.25, -0.2) is 17.5 Å². The zero-order chi connectivity index (χ0) is 25.8. The molecule has 3 aromatic carbocycles. The minimum Gasteiger partial charge on any atom is -0.372 e. The number of hydrogen-bond donors (Lipinski definition) is 2. The van der Waals surface area contributed by atoms with Crippen LogP contribution in [-0.4, -0.2) is 25.0 Å². The molecule has 9 heteroatoms. The normalized spacial score (nSPS) is 19.1. The Hall–Kier alpha value is -2.59. The fourth-order valence-electron chi connectivity index (χ4n) is 4.30. The van der Waals surface area contributed by atoms with Gasteiger partial charge in [0.1, 0.15) is 5.82 Å². The van der Waals surface area contributed by atoms with E-state index in [4.69, 9.17) is 0 Å². The topological polar surface area (TPSA) is 86.7 Å². The summed E-state index contributed by atoms with van der Waals surface area (Å²) in [7, 11) is -3.81. The zero-order valence-electron chi connectivity index (χ0n) is 19.7. The van der Waals surface area contributed by atoms with E-state index in [1.54, 1.807) is 20.8 Å². The Morgan fingerprint density at radius 1 is 1.03 bits per heavy atom. The highest BCUT2D eigenvalue weighted by Gasteiger charge is 2.52. The highest BCUT2D eigenvalue weighted by atomic mass is 79.9. The Bertz CT molecular complexity index is 1390. The molecule has 3 aromatic rings. The van der Waals surface area contributed by atoms with Crippen molar-refractivity contribution in [2.45, 2.75) is 49.8 Å². The Morgan fingerprint density at radius 2 is 1.63 bits per heavy atom. The second-order valence-electron chi connectivity index (χ2n) is 9.65. The predicted octanol–water partition coefficient (Wildman–Crippen LogP) is 5.01. The number of hydrogen-bond acceptors (Lipinski definition) is 4. The van der Waals surface area contributed by atoms with Crippen LogP contribution in [0.15, 0.2) is 76.1 Å². The number of amides is 1. The third-order valence-electron chi connectivity index (χ3n) is 5.90. The molecule has 2 unspecified atom stereocenters. The fourth-order valence-corrected chi connectivity index (χ4v) is 5.98. The van der Waals surface area contributed by atoms with Gasteiger partial charge in [-0.2, -0.15) is 0 Å². The van der Waals surface area contributed by atoms with Crippen molar-refractivity contribution in [2.75, 3.05) is 4.90 Å². The molecule has 0 saturated heterocycles. The van der Waals surface area contributed by atoms with E-state index >= 15 is 0 Å². The maximum Gasteiger partial charge on any atom is 0.269 e. The third kappa shape index (κ3) is 4.65. The molecule has 0 radical (unpaired) electrons. The Morgan fingerprint density at radius 3 is 2.20 bits per heavy atom. The van der Waals surface area contributed by atoms with Crippen LogP contribution in [0.1, 0.15) is 50.4 Å². The largest absolute Gasteiger partial charge is 0.372 e. The summed E-state index contributed by atoms with van der Waals surface area (Å²) in [5, 5.41) is 11.8. The standard InChI is InChI=1S/C26H26BrFN2O4S/c1-16(17-5-9-19(27)10-6-17)30-23-14-11-20(28)15-22(23)26(32,24(30)31)18-7-12-21(13-8-18)35(33,34)29-25(2,3)4/h5-16,29,32H,1-4H3. The van der Waals surface area contributed by atoms with E-state index in [1.165, 1.54) is 41.3 Å². The molecule has 4 rings (SSSR count). The van der Waals surface area contributed by atoms with Crippen molar-refractivity contribution in [3.05, 3.63) is 93.7 Å². The van der Waals surface area contributed by atoms with Gasteiger partial charge in [0.05, 0.1) is 16.6 Å². The summed E-state index contributed by atoms with van der Waals surface area (Å²) in [6.07, 6.45) is 0. The first-order valence-corrected chi connectivity index (χ1v) is 13.3. The molecule has 1 amide bonds. The highest BCUT2D eigenvalue weighted by Crippen LogP contribution is 2.48. The molecule has 184 valence electrons. The quantitative estimate of drug-likeness (QED) is 0.459. The van der Waals surface area contributed by atoms with Gasteiger partial charge in [-0.15, -0.1) is 0 Å². The van der Waals surface area contributed by atoms with Crippen LogP contribution in [-0.2, 0) is 20.4 Å². The second kappa shape index (κ2) is 8.81. The summed E-state index contributed by atoms with van der Waals surface area (Å²) in [5.41, 5.74) is -1.39. The molecule has 0 fully saturated rings. The molecule has 35 heavy (non-hydrogen) atoms. The monoisotopic (exact) mass is 560 g/mol. The summed E-state index contributed by atoms with van der Waals surface area (Å²) < 4.78 is 43.1. The van der Waals surface area contributed by atoms with Gasteiger partial charge in [-0.3, -0.25) is 4.79 Å². The number of halogens is 2. The number of carbonyl (C=O) groups excluding carboxylic acids is 1. The fraction of sp³-hybridized carbons (Fsp3) is 0.269. The number of benzene rings is 3. The first-order valence-electron chi connectivity index (χ1n) is 11.0. The minimum absolute atomic E-state index is 0.00947. The second-order valence-corrected chi connectivity index (χ2v) is 12.3. The SMILES string of the molecule is CC(c1ccc(Br)cc1)N1C(=O)C(O)(c2ccc(S(=O)(=O)NC(C)(C)C)cc2)c2cc(F)ccc21. The molecule has 0 aliphatic carbocycles. The van der Waals surface area contributed by atoms with Gasteiger partial charge in [-0.1, -0.05) is 40.2 Å². The minimum atomic E-state index is -3.81. The number of nitrogens with one attached hydrogen (secondary N) is 1. The van der Waals surface area contributed by atoms with Gasteiger partial charge >= 0.3 is 0 Å². The summed E-state index contributed by atoms with van der Waals surface area (Å²) in [5.74, 6) is -1.24. The Balaban J connectivity index is 1.78. The van der Waals surface area contributed by atoms with Gasteiger partial charge < -0.3 is 10.0 Å². The lowest BCUT2D eigenvalue weighted by Crippen LogP contribution is -2.42. The summed E-state index contributed by atoms with van der Waals surface area (Å²) >= 11 is 3.40. The van der Waals surface area contributed by atoms with Crippen LogP contribution in [0.2, 0.25) is 0 Å². The summed E-state index contributed by atoms with van der Waals surface area (Å²) in [6.45, 7) is 7.01. The van der Waals surface area contributed by atoms with Crippen molar-refractivity contribution in [3.8, 4) is 0 Å². The molecule has 0 aromatic heterocycles. The zero-order valence-corrected chi connectivity index (χ0v) is 22.1. The van der Waals surface area contributed by atoms with Crippen LogP contribution >= 0.6 is 15.9 Å². The number of fused-ring (bicyclic) bond motifs is 1.